The SMILES string of the molecule is OC1(Cc2cc(Cl)ccc2Cl)C=CCCC1. The number of benzene rings is 1. The summed E-state index contributed by atoms with van der Waals surface area (Å²) in [6.07, 6.45) is 7.29. The zero-order valence-corrected chi connectivity index (χ0v) is 10.4. The number of hydrogen-bond acceptors (Lipinski definition) is 1. The fraction of sp³-hybridized carbons (Fsp3) is 0.385. The van der Waals surface area contributed by atoms with Gasteiger partial charge in [-0.1, -0.05) is 35.4 Å². The minimum Gasteiger partial charge on any atom is -0.385 e. The molecule has 0 fully saturated rings. The van der Waals surface area contributed by atoms with Gasteiger partial charge in [-0.05, 0) is 43.0 Å². The molecule has 1 aliphatic rings. The normalized spacial score (nSPS) is 24.7. The zero-order chi connectivity index (χ0) is 11.6. The summed E-state index contributed by atoms with van der Waals surface area (Å²) < 4.78 is 0. The summed E-state index contributed by atoms with van der Waals surface area (Å²) in [5.74, 6) is 0. The number of hydrogen-bond donors (Lipinski definition) is 1. The van der Waals surface area contributed by atoms with E-state index in [9.17, 15) is 5.11 Å². The van der Waals surface area contributed by atoms with Crippen molar-refractivity contribution in [1.82, 2.24) is 0 Å². The Balaban J connectivity index is 2.22. The van der Waals surface area contributed by atoms with Crippen molar-refractivity contribution < 1.29 is 5.11 Å². The largest absolute Gasteiger partial charge is 0.385 e. The first-order valence-corrected chi connectivity index (χ1v) is 6.19. The maximum absolute atomic E-state index is 10.4. The van der Waals surface area contributed by atoms with E-state index in [0.29, 0.717) is 16.5 Å². The molecule has 0 amide bonds. The first-order valence-electron chi connectivity index (χ1n) is 5.43. The van der Waals surface area contributed by atoms with Crippen LogP contribution in [0.2, 0.25) is 10.0 Å². The number of allylic oxidation sites excluding steroid dienone is 1. The summed E-state index contributed by atoms with van der Waals surface area (Å²) in [5.41, 5.74) is 0.148. The number of rotatable bonds is 2. The highest BCUT2D eigenvalue weighted by Crippen LogP contribution is 2.30. The lowest BCUT2D eigenvalue weighted by Crippen LogP contribution is -2.30. The van der Waals surface area contributed by atoms with Crippen LogP contribution in [0.4, 0.5) is 0 Å². The van der Waals surface area contributed by atoms with Gasteiger partial charge in [0.15, 0.2) is 0 Å². The van der Waals surface area contributed by atoms with Gasteiger partial charge in [-0.2, -0.15) is 0 Å². The Morgan fingerprint density at radius 1 is 1.31 bits per heavy atom. The molecule has 0 heterocycles. The van der Waals surface area contributed by atoms with E-state index in [1.165, 1.54) is 0 Å². The molecule has 86 valence electrons. The average molecular weight is 257 g/mol. The summed E-state index contributed by atoms with van der Waals surface area (Å²) in [5, 5.41) is 11.7. The fourth-order valence-corrected chi connectivity index (χ4v) is 2.45. The lowest BCUT2D eigenvalue weighted by molar-refractivity contribution is 0.0751. The van der Waals surface area contributed by atoms with E-state index < -0.39 is 5.60 Å². The fourth-order valence-electron chi connectivity index (χ4n) is 2.07. The van der Waals surface area contributed by atoms with Crippen LogP contribution in [0.3, 0.4) is 0 Å². The topological polar surface area (TPSA) is 20.2 Å². The van der Waals surface area contributed by atoms with E-state index in [1.54, 1.807) is 12.1 Å². The molecule has 1 N–H and O–H groups in total. The molecule has 1 aliphatic carbocycles. The number of aliphatic hydroxyl groups is 1. The third-order valence-corrected chi connectivity index (χ3v) is 3.52. The van der Waals surface area contributed by atoms with Crippen molar-refractivity contribution in [3.63, 3.8) is 0 Å². The van der Waals surface area contributed by atoms with Gasteiger partial charge in [0, 0.05) is 16.5 Å². The molecule has 2 rings (SSSR count). The molecule has 0 bridgehead atoms. The summed E-state index contributed by atoms with van der Waals surface area (Å²) in [7, 11) is 0. The Morgan fingerprint density at radius 2 is 2.12 bits per heavy atom. The van der Waals surface area contributed by atoms with Crippen LogP contribution < -0.4 is 0 Å². The van der Waals surface area contributed by atoms with Gasteiger partial charge in [-0.25, -0.2) is 0 Å². The molecule has 0 aliphatic heterocycles. The van der Waals surface area contributed by atoms with Crippen LogP contribution in [-0.4, -0.2) is 10.7 Å². The summed E-state index contributed by atoms with van der Waals surface area (Å²) >= 11 is 12.0. The smallest absolute Gasteiger partial charge is 0.0868 e. The van der Waals surface area contributed by atoms with E-state index in [4.69, 9.17) is 23.2 Å². The van der Waals surface area contributed by atoms with Crippen LogP contribution in [-0.2, 0) is 6.42 Å². The van der Waals surface area contributed by atoms with Gasteiger partial charge in [0.05, 0.1) is 5.60 Å². The second-order valence-corrected chi connectivity index (χ2v) is 5.15. The Hall–Kier alpha value is -0.500. The van der Waals surface area contributed by atoms with Gasteiger partial charge in [0.1, 0.15) is 0 Å². The van der Waals surface area contributed by atoms with Crippen molar-refractivity contribution in [2.45, 2.75) is 31.3 Å². The van der Waals surface area contributed by atoms with Crippen LogP contribution >= 0.6 is 23.2 Å². The molecule has 1 atom stereocenters. The number of halogens is 2. The lowest BCUT2D eigenvalue weighted by atomic mass is 9.85. The lowest BCUT2D eigenvalue weighted by Gasteiger charge is -2.28. The Kier molecular flexibility index (Phi) is 3.58. The van der Waals surface area contributed by atoms with E-state index in [1.807, 2.05) is 18.2 Å². The molecule has 0 saturated carbocycles. The third kappa shape index (κ3) is 2.79. The van der Waals surface area contributed by atoms with Gasteiger partial charge < -0.3 is 5.11 Å². The minimum absolute atomic E-state index is 0.531. The van der Waals surface area contributed by atoms with Crippen LogP contribution in [0.15, 0.2) is 30.4 Å². The van der Waals surface area contributed by atoms with Crippen molar-refractivity contribution in [2.75, 3.05) is 0 Å². The Labute approximate surface area is 106 Å². The molecule has 16 heavy (non-hydrogen) atoms. The molecular formula is C13H14Cl2O. The monoisotopic (exact) mass is 256 g/mol. The molecule has 0 radical (unpaired) electrons. The first kappa shape index (κ1) is 12.0. The molecule has 1 aromatic rings. The zero-order valence-electron chi connectivity index (χ0n) is 8.92. The van der Waals surface area contributed by atoms with Crippen molar-refractivity contribution in [2.24, 2.45) is 0 Å². The summed E-state index contributed by atoms with van der Waals surface area (Å²) in [6, 6.07) is 5.35. The average Bonchev–Trinajstić information content (AvgIpc) is 2.24. The van der Waals surface area contributed by atoms with Gasteiger partial charge in [-0.15, -0.1) is 0 Å². The van der Waals surface area contributed by atoms with E-state index in [0.717, 1.165) is 24.8 Å². The van der Waals surface area contributed by atoms with Crippen molar-refractivity contribution >= 4 is 23.2 Å². The molecule has 0 aromatic heterocycles. The first-order chi connectivity index (χ1) is 7.59. The van der Waals surface area contributed by atoms with Gasteiger partial charge >= 0.3 is 0 Å². The predicted molar refractivity (Wildman–Crippen MR) is 68.1 cm³/mol. The second kappa shape index (κ2) is 4.79. The third-order valence-electron chi connectivity index (χ3n) is 2.91. The maximum Gasteiger partial charge on any atom is 0.0868 e. The Morgan fingerprint density at radius 3 is 2.81 bits per heavy atom. The molecular weight excluding hydrogens is 243 g/mol. The molecule has 1 unspecified atom stereocenters. The van der Waals surface area contributed by atoms with Crippen LogP contribution in [0.5, 0.6) is 0 Å². The van der Waals surface area contributed by atoms with E-state index in [2.05, 4.69) is 0 Å². The predicted octanol–water partition coefficient (Wildman–Crippen LogP) is 4.01. The highest BCUT2D eigenvalue weighted by Gasteiger charge is 2.26. The van der Waals surface area contributed by atoms with Crippen LogP contribution in [0.1, 0.15) is 24.8 Å². The highest BCUT2D eigenvalue weighted by atomic mass is 35.5. The van der Waals surface area contributed by atoms with Gasteiger partial charge in [-0.3, -0.25) is 0 Å². The summed E-state index contributed by atoms with van der Waals surface area (Å²) in [4.78, 5) is 0. The quantitative estimate of drug-likeness (QED) is 0.794. The Bertz CT molecular complexity index is 414. The summed E-state index contributed by atoms with van der Waals surface area (Å²) in [6.45, 7) is 0. The molecule has 1 nitrogen and oxygen atoms in total. The molecule has 0 spiro atoms. The van der Waals surface area contributed by atoms with E-state index in [-0.39, 0.29) is 0 Å². The molecule has 1 aromatic carbocycles. The van der Waals surface area contributed by atoms with Crippen LogP contribution in [0, 0.1) is 0 Å². The van der Waals surface area contributed by atoms with Crippen molar-refractivity contribution in [3.8, 4) is 0 Å². The molecule has 3 heteroatoms. The minimum atomic E-state index is -0.757. The second-order valence-electron chi connectivity index (χ2n) is 4.31. The highest BCUT2D eigenvalue weighted by molar-refractivity contribution is 6.33. The van der Waals surface area contributed by atoms with Gasteiger partial charge in [0.2, 0.25) is 0 Å². The van der Waals surface area contributed by atoms with E-state index >= 15 is 0 Å². The van der Waals surface area contributed by atoms with Crippen molar-refractivity contribution in [3.05, 3.63) is 46.0 Å². The standard InChI is InChI=1S/C13H14Cl2O/c14-11-4-5-12(15)10(8-11)9-13(16)6-2-1-3-7-13/h2,4-6,8,16H,1,3,7,9H2. The van der Waals surface area contributed by atoms with Gasteiger partial charge in [0.25, 0.3) is 0 Å². The maximum atomic E-state index is 10.4. The van der Waals surface area contributed by atoms with Crippen molar-refractivity contribution in [1.29, 1.82) is 0 Å². The van der Waals surface area contributed by atoms with Crippen LogP contribution in [0.25, 0.3) is 0 Å². The molecule has 0 saturated heterocycles.